The van der Waals surface area contributed by atoms with Crippen LogP contribution >= 0.6 is 0 Å². The van der Waals surface area contributed by atoms with E-state index in [1.54, 1.807) is 6.20 Å². The number of nitrogens with zero attached hydrogens (tertiary/aromatic N) is 2. The smallest absolute Gasteiger partial charge is 0.246 e. The van der Waals surface area contributed by atoms with Gasteiger partial charge in [-0.2, -0.15) is 0 Å². The Kier molecular flexibility index (Phi) is 6.56. The van der Waals surface area contributed by atoms with Crippen LogP contribution in [0.1, 0.15) is 107 Å². The lowest BCUT2D eigenvalue weighted by atomic mass is 9.53. The molecule has 1 aromatic carbocycles. The highest BCUT2D eigenvalue weighted by molar-refractivity contribution is 5.93. The van der Waals surface area contributed by atoms with Crippen LogP contribution in [0.3, 0.4) is 0 Å². The minimum atomic E-state index is -0.790. The lowest BCUT2D eigenvalue weighted by molar-refractivity contribution is -0.152. The summed E-state index contributed by atoms with van der Waals surface area (Å²) < 4.78 is 0. The van der Waals surface area contributed by atoms with Crippen LogP contribution in [-0.2, 0) is 16.1 Å². The van der Waals surface area contributed by atoms with Crippen LogP contribution in [0.2, 0.25) is 0 Å². The van der Waals surface area contributed by atoms with E-state index < -0.39 is 5.54 Å². The summed E-state index contributed by atoms with van der Waals surface area (Å²) in [7, 11) is 0. The third kappa shape index (κ3) is 4.53. The number of benzene rings is 1. The molecule has 6 aliphatic rings. The molecule has 232 valence electrons. The standard InChI is InChI=1S/C38H48N4O2/c1-24-33(29-10-4-5-11-31(29)40-24)34-30(36(34,2)3)18-32(43)42(23-25-9-8-14-39-22-25)38(12-6-7-13-38)35(44)41-37-19-26-15-27(20-37)17-28(16-26)21-37/h4-5,8-11,14,22,26-28,30,34,40H,6-7,12-13,15-21,23H2,1-3H3,(H,41,44)/t26?,27?,28?,30-,34+,37?/m0/s1. The number of pyridine rings is 1. The molecule has 0 unspecified atom stereocenters. The minimum Gasteiger partial charge on any atom is -0.358 e. The lowest BCUT2D eigenvalue weighted by Gasteiger charge is -2.57. The number of amides is 2. The van der Waals surface area contributed by atoms with Crippen molar-refractivity contribution < 1.29 is 9.59 Å². The second-order valence-electron chi connectivity index (χ2n) is 16.1. The van der Waals surface area contributed by atoms with Crippen molar-refractivity contribution in [3.05, 3.63) is 65.6 Å². The largest absolute Gasteiger partial charge is 0.358 e. The number of H-pyrrole nitrogens is 1. The molecule has 4 bridgehead atoms. The van der Waals surface area contributed by atoms with Gasteiger partial charge >= 0.3 is 0 Å². The topological polar surface area (TPSA) is 78.1 Å². The van der Waals surface area contributed by atoms with E-state index in [1.165, 1.54) is 35.9 Å². The zero-order valence-electron chi connectivity index (χ0n) is 26.7. The molecule has 2 aromatic heterocycles. The van der Waals surface area contributed by atoms with Crippen LogP contribution in [0.15, 0.2) is 48.8 Å². The normalized spacial score (nSPS) is 32.6. The number of hydrogen-bond acceptors (Lipinski definition) is 3. The maximum atomic E-state index is 14.7. The monoisotopic (exact) mass is 592 g/mol. The molecule has 2 atom stereocenters. The van der Waals surface area contributed by atoms with E-state index >= 15 is 0 Å². The first kappa shape index (κ1) is 28.3. The number of aromatic nitrogens is 2. The van der Waals surface area contributed by atoms with Crippen LogP contribution in [-0.4, -0.2) is 37.8 Å². The molecular weight excluding hydrogens is 544 g/mol. The minimum absolute atomic E-state index is 0.00958. The van der Waals surface area contributed by atoms with Gasteiger partial charge in [0.2, 0.25) is 11.8 Å². The second-order valence-corrected chi connectivity index (χ2v) is 16.1. The number of hydrogen-bond donors (Lipinski definition) is 2. The van der Waals surface area contributed by atoms with Gasteiger partial charge in [-0.1, -0.05) is 51.0 Å². The highest BCUT2D eigenvalue weighted by Gasteiger charge is 2.61. The molecule has 2 amide bonds. The predicted molar refractivity (Wildman–Crippen MR) is 173 cm³/mol. The van der Waals surface area contributed by atoms with Crippen molar-refractivity contribution in [2.75, 3.05) is 0 Å². The summed E-state index contributed by atoms with van der Waals surface area (Å²) in [5, 5.41) is 4.99. The Morgan fingerprint density at radius 2 is 1.66 bits per heavy atom. The molecule has 2 N–H and O–H groups in total. The average Bonchev–Trinajstić information content (AvgIpc) is 3.33. The van der Waals surface area contributed by atoms with E-state index in [0.717, 1.165) is 73.8 Å². The van der Waals surface area contributed by atoms with E-state index in [9.17, 15) is 9.59 Å². The van der Waals surface area contributed by atoms with Crippen molar-refractivity contribution in [1.29, 1.82) is 0 Å². The Labute approximate surface area is 261 Å². The number of carbonyl (C=O) groups is 2. The zero-order chi connectivity index (χ0) is 30.3. The van der Waals surface area contributed by atoms with E-state index in [4.69, 9.17) is 0 Å². The Morgan fingerprint density at radius 1 is 0.977 bits per heavy atom. The summed E-state index contributed by atoms with van der Waals surface area (Å²) in [5.41, 5.74) is 3.87. The van der Waals surface area contributed by atoms with Gasteiger partial charge in [-0.3, -0.25) is 14.6 Å². The van der Waals surface area contributed by atoms with Crippen LogP contribution in [0.4, 0.5) is 0 Å². The Hall–Kier alpha value is -3.15. The molecule has 0 saturated heterocycles. The van der Waals surface area contributed by atoms with E-state index in [2.05, 4.69) is 60.3 Å². The molecule has 9 rings (SSSR count). The third-order valence-corrected chi connectivity index (χ3v) is 12.9. The van der Waals surface area contributed by atoms with Gasteiger partial charge in [-0.15, -0.1) is 0 Å². The van der Waals surface area contributed by atoms with Crippen LogP contribution in [0.25, 0.3) is 10.9 Å². The van der Waals surface area contributed by atoms with Gasteiger partial charge in [0.25, 0.3) is 0 Å². The number of nitrogens with one attached hydrogen (secondary N) is 2. The van der Waals surface area contributed by atoms with Gasteiger partial charge in [0.15, 0.2) is 0 Å². The van der Waals surface area contributed by atoms with Crippen molar-refractivity contribution in [1.82, 2.24) is 20.2 Å². The first-order valence-electron chi connectivity index (χ1n) is 17.3. The molecule has 6 saturated carbocycles. The summed E-state index contributed by atoms with van der Waals surface area (Å²) in [6.45, 7) is 7.23. The summed E-state index contributed by atoms with van der Waals surface area (Å²) in [6, 6.07) is 12.5. The van der Waals surface area contributed by atoms with Crippen LogP contribution < -0.4 is 5.32 Å². The highest BCUT2D eigenvalue weighted by atomic mass is 16.2. The van der Waals surface area contributed by atoms with Gasteiger partial charge in [0.1, 0.15) is 5.54 Å². The molecule has 0 spiro atoms. The maximum Gasteiger partial charge on any atom is 0.246 e. The Bertz CT molecular complexity index is 1550. The van der Waals surface area contributed by atoms with Crippen LogP contribution in [0, 0.1) is 36.0 Å². The number of fused-ring (bicyclic) bond motifs is 1. The summed E-state index contributed by atoms with van der Waals surface area (Å²) in [6.07, 6.45) is 15.0. The summed E-state index contributed by atoms with van der Waals surface area (Å²) in [5.74, 6) is 3.06. The highest BCUT2D eigenvalue weighted by Crippen LogP contribution is 2.67. The fourth-order valence-electron chi connectivity index (χ4n) is 11.0. The fraction of sp³-hybridized carbons (Fsp3) is 0.605. The lowest BCUT2D eigenvalue weighted by Crippen LogP contribution is -2.66. The molecule has 0 aliphatic heterocycles. The Morgan fingerprint density at radius 3 is 2.32 bits per heavy atom. The van der Waals surface area contributed by atoms with Crippen molar-refractivity contribution in [2.24, 2.45) is 29.1 Å². The van der Waals surface area contributed by atoms with Crippen LogP contribution in [0.5, 0.6) is 0 Å². The quantitative estimate of drug-likeness (QED) is 0.286. The van der Waals surface area contributed by atoms with E-state index in [-0.39, 0.29) is 28.7 Å². The summed E-state index contributed by atoms with van der Waals surface area (Å²) >= 11 is 0. The first-order chi connectivity index (χ1) is 21.2. The number of aromatic amines is 1. The summed E-state index contributed by atoms with van der Waals surface area (Å²) in [4.78, 5) is 39.4. The first-order valence-corrected chi connectivity index (χ1v) is 17.3. The number of carbonyl (C=O) groups excluding carboxylic acids is 2. The van der Waals surface area contributed by atoms with Crippen molar-refractivity contribution in [3.8, 4) is 0 Å². The van der Waals surface area contributed by atoms with E-state index in [0.29, 0.717) is 18.9 Å². The van der Waals surface area contributed by atoms with Gasteiger partial charge in [0, 0.05) is 47.5 Å². The molecular formula is C38H48N4O2. The van der Waals surface area contributed by atoms with Gasteiger partial charge in [-0.25, -0.2) is 0 Å². The number of aryl methyl sites for hydroxylation is 1. The Balaban J connectivity index is 1.10. The number of rotatable bonds is 8. The number of para-hydroxylation sites is 1. The molecule has 6 fully saturated rings. The predicted octanol–water partition coefficient (Wildman–Crippen LogP) is 7.43. The maximum absolute atomic E-state index is 14.7. The zero-order valence-corrected chi connectivity index (χ0v) is 26.7. The van der Waals surface area contributed by atoms with Crippen molar-refractivity contribution >= 4 is 22.7 Å². The second kappa shape index (κ2) is 10.2. The van der Waals surface area contributed by atoms with Crippen molar-refractivity contribution in [3.63, 3.8) is 0 Å². The SMILES string of the molecule is Cc1[nH]c2ccccc2c1[C@H]1[C@H](CC(=O)N(Cc2cccnc2)C2(C(=O)NC34CC5CC(CC(C5)C3)C4)CCCC2)C1(C)C. The van der Waals surface area contributed by atoms with E-state index in [1.807, 2.05) is 23.2 Å². The third-order valence-electron chi connectivity index (χ3n) is 12.9. The van der Waals surface area contributed by atoms with Gasteiger partial charge in [-0.05, 0) is 117 Å². The van der Waals surface area contributed by atoms with Crippen molar-refractivity contribution in [2.45, 2.75) is 115 Å². The fourth-order valence-corrected chi connectivity index (χ4v) is 11.0. The molecule has 3 aromatic rings. The van der Waals surface area contributed by atoms with Gasteiger partial charge in [0.05, 0.1) is 0 Å². The molecule has 6 aliphatic carbocycles. The molecule has 2 heterocycles. The molecule has 44 heavy (non-hydrogen) atoms. The molecule has 6 nitrogen and oxygen atoms in total. The average molecular weight is 593 g/mol. The molecule has 6 heteroatoms. The van der Waals surface area contributed by atoms with Gasteiger partial charge < -0.3 is 15.2 Å². The molecule has 0 radical (unpaired) electrons.